The number of aromatic amines is 1. The topological polar surface area (TPSA) is 95.8 Å². The fourth-order valence-electron chi connectivity index (χ4n) is 5.29. The Labute approximate surface area is 199 Å². The standard InChI is InChI=1S/C24H26F3N7O/c1-14(2)12-34-19-8-17(28-9-15(19)10-30-34)21-16-7-20(29-11-18(16)31-32-21)33-6-5-23(35,24(25,26)27)13-22(33)3-4-22/h7-11,14,35H,3-6,12-13H2,1-2H3,(H,31,32). The Hall–Kier alpha value is -3.21. The number of pyridine rings is 2. The molecule has 1 saturated carbocycles. The summed E-state index contributed by atoms with van der Waals surface area (Å²) >= 11 is 0. The van der Waals surface area contributed by atoms with Crippen LogP contribution in [0.1, 0.15) is 39.5 Å². The fraction of sp³-hybridized carbons (Fsp3) is 0.500. The van der Waals surface area contributed by atoms with Gasteiger partial charge >= 0.3 is 6.18 Å². The van der Waals surface area contributed by atoms with Gasteiger partial charge in [-0.25, -0.2) is 4.98 Å². The smallest absolute Gasteiger partial charge is 0.380 e. The number of aromatic nitrogens is 6. The normalized spacial score (nSPS) is 22.1. The lowest BCUT2D eigenvalue weighted by Crippen LogP contribution is -2.58. The van der Waals surface area contributed by atoms with Crippen molar-refractivity contribution in [3.63, 3.8) is 0 Å². The zero-order valence-corrected chi connectivity index (χ0v) is 19.5. The van der Waals surface area contributed by atoms with Gasteiger partial charge in [0.2, 0.25) is 0 Å². The van der Waals surface area contributed by atoms with Crippen molar-refractivity contribution >= 4 is 27.6 Å². The van der Waals surface area contributed by atoms with E-state index in [-0.39, 0.29) is 19.4 Å². The highest BCUT2D eigenvalue weighted by molar-refractivity contribution is 5.95. The molecule has 8 nitrogen and oxygen atoms in total. The molecule has 0 bridgehead atoms. The number of anilines is 1. The molecular formula is C24H26F3N7O. The van der Waals surface area contributed by atoms with Crippen LogP contribution < -0.4 is 4.90 Å². The van der Waals surface area contributed by atoms with Crippen molar-refractivity contribution in [3.05, 3.63) is 30.7 Å². The maximum Gasteiger partial charge on any atom is 0.417 e. The maximum atomic E-state index is 13.5. The first-order valence-corrected chi connectivity index (χ1v) is 11.8. The van der Waals surface area contributed by atoms with Gasteiger partial charge in [0.05, 0.1) is 29.1 Å². The molecule has 2 fully saturated rings. The van der Waals surface area contributed by atoms with Gasteiger partial charge in [-0.3, -0.25) is 14.8 Å². The molecule has 2 N–H and O–H groups in total. The molecule has 0 amide bonds. The number of piperidine rings is 1. The molecule has 1 saturated heterocycles. The van der Waals surface area contributed by atoms with Crippen molar-refractivity contribution in [3.8, 4) is 11.4 Å². The Bertz CT molecular complexity index is 1420. The number of nitrogens with zero attached hydrogens (tertiary/aromatic N) is 6. The van der Waals surface area contributed by atoms with Crippen LogP contribution >= 0.6 is 0 Å². The number of H-pyrrole nitrogens is 1. The maximum absolute atomic E-state index is 13.5. The van der Waals surface area contributed by atoms with Crippen molar-refractivity contribution in [1.29, 1.82) is 0 Å². The number of nitrogens with one attached hydrogen (secondary N) is 1. The summed E-state index contributed by atoms with van der Waals surface area (Å²) in [7, 11) is 0. The van der Waals surface area contributed by atoms with Gasteiger partial charge in [-0.05, 0) is 30.9 Å². The van der Waals surface area contributed by atoms with Crippen LogP contribution in [0.4, 0.5) is 19.0 Å². The lowest BCUT2D eigenvalue weighted by Gasteiger charge is -2.45. The summed E-state index contributed by atoms with van der Waals surface area (Å²) in [6, 6.07) is 3.83. The second-order valence-corrected chi connectivity index (χ2v) is 10.3. The lowest BCUT2D eigenvalue weighted by molar-refractivity contribution is -0.270. The highest BCUT2D eigenvalue weighted by Gasteiger charge is 2.64. The third-order valence-corrected chi connectivity index (χ3v) is 7.31. The van der Waals surface area contributed by atoms with Crippen LogP contribution in [0.3, 0.4) is 0 Å². The molecule has 4 aromatic heterocycles. The predicted molar refractivity (Wildman–Crippen MR) is 125 cm³/mol. The van der Waals surface area contributed by atoms with Gasteiger partial charge in [-0.15, -0.1) is 0 Å². The van der Waals surface area contributed by atoms with Gasteiger partial charge < -0.3 is 10.0 Å². The highest BCUT2D eigenvalue weighted by Crippen LogP contribution is 2.55. The van der Waals surface area contributed by atoms with E-state index in [9.17, 15) is 18.3 Å². The monoisotopic (exact) mass is 485 g/mol. The molecule has 6 rings (SSSR count). The van der Waals surface area contributed by atoms with Gasteiger partial charge in [-0.2, -0.15) is 23.4 Å². The van der Waals surface area contributed by atoms with E-state index in [2.05, 4.69) is 39.1 Å². The minimum absolute atomic E-state index is 0.0836. The second-order valence-electron chi connectivity index (χ2n) is 10.3. The minimum atomic E-state index is -4.64. The molecule has 0 aromatic carbocycles. The molecule has 184 valence electrons. The van der Waals surface area contributed by atoms with E-state index in [0.29, 0.717) is 36.0 Å². The molecule has 1 aliphatic heterocycles. The van der Waals surface area contributed by atoms with E-state index in [1.807, 2.05) is 21.7 Å². The second kappa shape index (κ2) is 7.39. The quantitative estimate of drug-likeness (QED) is 0.443. The van der Waals surface area contributed by atoms with Crippen LogP contribution in [0.25, 0.3) is 33.2 Å². The third kappa shape index (κ3) is 3.55. The van der Waals surface area contributed by atoms with Crippen molar-refractivity contribution in [2.75, 3.05) is 11.4 Å². The Morgan fingerprint density at radius 3 is 2.63 bits per heavy atom. The Kier molecular flexibility index (Phi) is 4.70. The SMILES string of the molecule is CC(C)Cn1ncc2cnc(-c3n[nH]c4cnc(N5CCC(O)(C(F)(F)F)CC56CC6)cc34)cc21. The molecule has 11 heteroatoms. The van der Waals surface area contributed by atoms with Crippen molar-refractivity contribution in [2.24, 2.45) is 5.92 Å². The number of fused-ring (bicyclic) bond motifs is 2. The van der Waals surface area contributed by atoms with E-state index in [1.165, 1.54) is 0 Å². The summed E-state index contributed by atoms with van der Waals surface area (Å²) in [5.41, 5.74) is -0.353. The van der Waals surface area contributed by atoms with E-state index >= 15 is 0 Å². The summed E-state index contributed by atoms with van der Waals surface area (Å²) in [4.78, 5) is 11.1. The summed E-state index contributed by atoms with van der Waals surface area (Å²) in [5.74, 6) is 1.02. The molecule has 1 unspecified atom stereocenters. The van der Waals surface area contributed by atoms with Crippen LogP contribution in [0.15, 0.2) is 30.7 Å². The van der Waals surface area contributed by atoms with E-state index in [1.54, 1.807) is 18.6 Å². The minimum Gasteiger partial charge on any atom is -0.380 e. The molecule has 2 aliphatic rings. The third-order valence-electron chi connectivity index (χ3n) is 7.31. The van der Waals surface area contributed by atoms with Gasteiger partial charge in [-0.1, -0.05) is 13.8 Å². The van der Waals surface area contributed by atoms with Crippen LogP contribution in [0.2, 0.25) is 0 Å². The zero-order chi connectivity index (χ0) is 24.6. The highest BCUT2D eigenvalue weighted by atomic mass is 19.4. The summed E-state index contributed by atoms with van der Waals surface area (Å²) < 4.78 is 42.5. The van der Waals surface area contributed by atoms with E-state index < -0.39 is 17.3 Å². The Morgan fingerprint density at radius 1 is 1.11 bits per heavy atom. The average Bonchev–Trinajstić information content (AvgIpc) is 3.24. The largest absolute Gasteiger partial charge is 0.417 e. The molecule has 1 atom stereocenters. The predicted octanol–water partition coefficient (Wildman–Crippen LogP) is 4.45. The number of alkyl halides is 3. The van der Waals surface area contributed by atoms with Crippen molar-refractivity contribution < 1.29 is 18.3 Å². The molecule has 5 heterocycles. The number of rotatable bonds is 4. The first-order valence-electron chi connectivity index (χ1n) is 11.8. The number of aliphatic hydroxyl groups is 1. The van der Waals surface area contributed by atoms with Crippen LogP contribution in [0, 0.1) is 5.92 Å². The van der Waals surface area contributed by atoms with E-state index in [0.717, 1.165) is 28.4 Å². The summed E-state index contributed by atoms with van der Waals surface area (Å²) in [6.07, 6.45) is 1.07. The first-order chi connectivity index (χ1) is 16.6. The summed E-state index contributed by atoms with van der Waals surface area (Å²) in [5, 5.41) is 24.0. The van der Waals surface area contributed by atoms with Crippen molar-refractivity contribution in [2.45, 2.75) is 63.4 Å². The average molecular weight is 486 g/mol. The summed E-state index contributed by atoms with van der Waals surface area (Å²) in [6.45, 7) is 5.13. The Balaban J connectivity index is 1.37. The van der Waals surface area contributed by atoms with Crippen LogP contribution in [-0.2, 0) is 6.54 Å². The van der Waals surface area contributed by atoms with Gasteiger partial charge in [0.15, 0.2) is 5.60 Å². The molecule has 1 aliphatic carbocycles. The van der Waals surface area contributed by atoms with E-state index in [4.69, 9.17) is 0 Å². The first kappa shape index (κ1) is 22.3. The molecular weight excluding hydrogens is 459 g/mol. The van der Waals surface area contributed by atoms with Gasteiger partial charge in [0.25, 0.3) is 0 Å². The number of hydrogen-bond donors (Lipinski definition) is 2. The molecule has 4 aromatic rings. The van der Waals surface area contributed by atoms with Gasteiger partial charge in [0, 0.05) is 48.4 Å². The van der Waals surface area contributed by atoms with Crippen LogP contribution in [-0.4, -0.2) is 58.9 Å². The molecule has 1 spiro atoms. The number of halogens is 3. The fourth-order valence-corrected chi connectivity index (χ4v) is 5.29. The molecule has 0 radical (unpaired) electrons. The van der Waals surface area contributed by atoms with Crippen LogP contribution in [0.5, 0.6) is 0 Å². The van der Waals surface area contributed by atoms with Gasteiger partial charge in [0.1, 0.15) is 11.5 Å². The zero-order valence-electron chi connectivity index (χ0n) is 19.5. The molecule has 35 heavy (non-hydrogen) atoms. The lowest BCUT2D eigenvalue weighted by atomic mass is 9.84. The number of hydrogen-bond acceptors (Lipinski definition) is 6. The Morgan fingerprint density at radius 2 is 1.91 bits per heavy atom. The van der Waals surface area contributed by atoms with Crippen molar-refractivity contribution in [1.82, 2.24) is 29.9 Å².